The molecule has 0 aliphatic heterocycles. The van der Waals surface area contributed by atoms with E-state index in [-0.39, 0.29) is 6.04 Å². The topological polar surface area (TPSA) is 53.6 Å². The second-order valence-electron chi connectivity index (χ2n) is 3.31. The molecule has 0 saturated heterocycles. The largest absolute Gasteiger partial charge is 0.302 e. The summed E-state index contributed by atoms with van der Waals surface area (Å²) in [6.07, 6.45) is 4.61. The van der Waals surface area contributed by atoms with E-state index in [1.807, 2.05) is 30.9 Å². The first-order valence-electron chi connectivity index (χ1n) is 4.88. The third-order valence-corrected chi connectivity index (χ3v) is 2.02. The Bertz CT molecular complexity index is 310. The Morgan fingerprint density at radius 3 is 3.00 bits per heavy atom. The van der Waals surface area contributed by atoms with Gasteiger partial charge in [0.05, 0.1) is 18.3 Å². The number of aromatic nitrogens is 2. The van der Waals surface area contributed by atoms with E-state index in [4.69, 9.17) is 5.26 Å². The van der Waals surface area contributed by atoms with Crippen LogP contribution >= 0.6 is 0 Å². The van der Waals surface area contributed by atoms with Gasteiger partial charge in [0, 0.05) is 12.7 Å². The van der Waals surface area contributed by atoms with Crippen LogP contribution in [0.25, 0.3) is 0 Å². The minimum atomic E-state index is -0.0653. The molecular formula is C10H16N4. The summed E-state index contributed by atoms with van der Waals surface area (Å²) < 4.78 is 1.87. The van der Waals surface area contributed by atoms with Gasteiger partial charge in [-0.05, 0) is 25.5 Å². The van der Waals surface area contributed by atoms with Gasteiger partial charge >= 0.3 is 0 Å². The van der Waals surface area contributed by atoms with Crippen LogP contribution in [-0.4, -0.2) is 22.4 Å². The highest BCUT2D eigenvalue weighted by Crippen LogP contribution is 1.98. The number of hydrogen-bond acceptors (Lipinski definition) is 3. The molecule has 76 valence electrons. The summed E-state index contributed by atoms with van der Waals surface area (Å²) in [7, 11) is 0. The zero-order valence-electron chi connectivity index (χ0n) is 8.70. The molecule has 1 aromatic heterocycles. The maximum Gasteiger partial charge on any atom is 0.0970 e. The van der Waals surface area contributed by atoms with E-state index in [0.29, 0.717) is 0 Å². The molecule has 1 N–H and O–H groups in total. The SMILES string of the molecule is CCNC(C#N)CCn1cc(C)cn1. The summed E-state index contributed by atoms with van der Waals surface area (Å²) in [4.78, 5) is 0. The molecule has 0 saturated carbocycles. The van der Waals surface area contributed by atoms with Gasteiger partial charge in [0.15, 0.2) is 0 Å². The second-order valence-corrected chi connectivity index (χ2v) is 3.31. The van der Waals surface area contributed by atoms with Crippen LogP contribution in [0.4, 0.5) is 0 Å². The van der Waals surface area contributed by atoms with Crippen LogP contribution in [0.15, 0.2) is 12.4 Å². The smallest absolute Gasteiger partial charge is 0.0970 e. The predicted molar refractivity (Wildman–Crippen MR) is 54.7 cm³/mol. The summed E-state index contributed by atoms with van der Waals surface area (Å²) in [6.45, 7) is 5.63. The van der Waals surface area contributed by atoms with Crippen molar-refractivity contribution in [3.05, 3.63) is 18.0 Å². The van der Waals surface area contributed by atoms with E-state index in [9.17, 15) is 0 Å². The van der Waals surface area contributed by atoms with Crippen molar-refractivity contribution in [2.45, 2.75) is 32.9 Å². The molecule has 14 heavy (non-hydrogen) atoms. The highest BCUT2D eigenvalue weighted by atomic mass is 15.3. The average molecular weight is 192 g/mol. The maximum atomic E-state index is 8.80. The summed E-state index contributed by atoms with van der Waals surface area (Å²) in [6, 6.07) is 2.16. The standard InChI is InChI=1S/C10H16N4/c1-3-12-10(6-11)4-5-14-8-9(2)7-13-14/h7-8,10,12H,3-5H2,1-2H3. The number of aryl methyl sites for hydroxylation is 2. The van der Waals surface area contributed by atoms with Crippen molar-refractivity contribution in [1.29, 1.82) is 5.26 Å². The normalized spacial score (nSPS) is 12.4. The fourth-order valence-corrected chi connectivity index (χ4v) is 1.31. The van der Waals surface area contributed by atoms with E-state index in [1.165, 1.54) is 0 Å². The van der Waals surface area contributed by atoms with Crippen molar-refractivity contribution in [3.63, 3.8) is 0 Å². The Morgan fingerprint density at radius 2 is 2.50 bits per heavy atom. The minimum Gasteiger partial charge on any atom is -0.302 e. The number of hydrogen-bond donors (Lipinski definition) is 1. The minimum absolute atomic E-state index is 0.0653. The van der Waals surface area contributed by atoms with Crippen LogP contribution in [0.1, 0.15) is 18.9 Å². The Labute approximate surface area is 84.5 Å². The van der Waals surface area contributed by atoms with E-state index in [1.54, 1.807) is 0 Å². The van der Waals surface area contributed by atoms with Crippen LogP contribution in [0, 0.1) is 18.3 Å². The van der Waals surface area contributed by atoms with Gasteiger partial charge in [0.1, 0.15) is 0 Å². The lowest BCUT2D eigenvalue weighted by molar-refractivity contribution is 0.502. The average Bonchev–Trinajstić information content (AvgIpc) is 2.59. The van der Waals surface area contributed by atoms with Gasteiger partial charge in [0.25, 0.3) is 0 Å². The summed E-state index contributed by atoms with van der Waals surface area (Å²) in [5.41, 5.74) is 1.15. The van der Waals surface area contributed by atoms with E-state index >= 15 is 0 Å². The first-order chi connectivity index (χ1) is 6.76. The number of rotatable bonds is 5. The van der Waals surface area contributed by atoms with Crippen molar-refractivity contribution in [1.82, 2.24) is 15.1 Å². The molecular weight excluding hydrogens is 176 g/mol. The number of nitrogens with zero attached hydrogens (tertiary/aromatic N) is 3. The predicted octanol–water partition coefficient (Wildman–Crippen LogP) is 1.08. The van der Waals surface area contributed by atoms with Crippen molar-refractivity contribution in [2.24, 2.45) is 0 Å². The maximum absolute atomic E-state index is 8.80. The molecule has 0 spiro atoms. The van der Waals surface area contributed by atoms with Gasteiger partial charge < -0.3 is 5.32 Å². The van der Waals surface area contributed by atoms with Crippen molar-refractivity contribution >= 4 is 0 Å². The van der Waals surface area contributed by atoms with E-state index in [2.05, 4.69) is 16.5 Å². The van der Waals surface area contributed by atoms with Crippen LogP contribution < -0.4 is 5.32 Å². The Kier molecular flexibility index (Phi) is 4.14. The number of nitriles is 1. The van der Waals surface area contributed by atoms with Crippen LogP contribution in [0.5, 0.6) is 0 Å². The number of nitrogens with one attached hydrogen (secondary N) is 1. The molecule has 1 atom stereocenters. The third-order valence-electron chi connectivity index (χ3n) is 2.02. The Morgan fingerprint density at radius 1 is 1.71 bits per heavy atom. The molecule has 0 aliphatic carbocycles. The van der Waals surface area contributed by atoms with Crippen molar-refractivity contribution in [3.8, 4) is 6.07 Å². The molecule has 1 heterocycles. The monoisotopic (exact) mass is 192 g/mol. The second kappa shape index (κ2) is 5.40. The molecule has 4 heteroatoms. The van der Waals surface area contributed by atoms with Crippen LogP contribution in [0.2, 0.25) is 0 Å². The highest BCUT2D eigenvalue weighted by Gasteiger charge is 2.05. The molecule has 0 aliphatic rings. The molecule has 4 nitrogen and oxygen atoms in total. The zero-order chi connectivity index (χ0) is 10.4. The molecule has 1 unspecified atom stereocenters. The fourth-order valence-electron chi connectivity index (χ4n) is 1.31. The molecule has 0 fully saturated rings. The fraction of sp³-hybridized carbons (Fsp3) is 0.600. The Balaban J connectivity index is 2.36. The molecule has 1 aromatic rings. The molecule has 0 aromatic carbocycles. The van der Waals surface area contributed by atoms with Gasteiger partial charge in [-0.3, -0.25) is 4.68 Å². The summed E-state index contributed by atoms with van der Waals surface area (Å²) >= 11 is 0. The van der Waals surface area contributed by atoms with Gasteiger partial charge in [-0.15, -0.1) is 0 Å². The highest BCUT2D eigenvalue weighted by molar-refractivity contribution is 4.99. The zero-order valence-corrected chi connectivity index (χ0v) is 8.70. The third kappa shape index (κ3) is 3.19. The van der Waals surface area contributed by atoms with Gasteiger partial charge in [-0.25, -0.2) is 0 Å². The first kappa shape index (κ1) is 10.7. The first-order valence-corrected chi connectivity index (χ1v) is 4.88. The van der Waals surface area contributed by atoms with Crippen molar-refractivity contribution < 1.29 is 0 Å². The molecule has 1 rings (SSSR count). The van der Waals surface area contributed by atoms with E-state index in [0.717, 1.165) is 25.1 Å². The molecule has 0 bridgehead atoms. The lowest BCUT2D eigenvalue weighted by Gasteiger charge is -2.08. The summed E-state index contributed by atoms with van der Waals surface area (Å²) in [5, 5.41) is 16.1. The van der Waals surface area contributed by atoms with E-state index < -0.39 is 0 Å². The summed E-state index contributed by atoms with van der Waals surface area (Å²) in [5.74, 6) is 0. The molecule has 0 radical (unpaired) electrons. The van der Waals surface area contributed by atoms with Crippen LogP contribution in [-0.2, 0) is 6.54 Å². The molecule has 0 amide bonds. The van der Waals surface area contributed by atoms with Crippen LogP contribution in [0.3, 0.4) is 0 Å². The Hall–Kier alpha value is -1.34. The van der Waals surface area contributed by atoms with Gasteiger partial charge in [-0.2, -0.15) is 10.4 Å². The lowest BCUT2D eigenvalue weighted by Crippen LogP contribution is -2.28. The van der Waals surface area contributed by atoms with Gasteiger partial charge in [-0.1, -0.05) is 6.92 Å². The lowest BCUT2D eigenvalue weighted by atomic mass is 10.2. The van der Waals surface area contributed by atoms with Crippen molar-refractivity contribution in [2.75, 3.05) is 6.54 Å². The van der Waals surface area contributed by atoms with Gasteiger partial charge in [0.2, 0.25) is 0 Å². The quantitative estimate of drug-likeness (QED) is 0.759.